The fourth-order valence-corrected chi connectivity index (χ4v) is 9.74. The Bertz CT molecular complexity index is 826. The van der Waals surface area contributed by atoms with E-state index in [2.05, 4.69) is 36.0 Å². The van der Waals surface area contributed by atoms with E-state index < -0.39 is 22.6 Å². The smallest absolute Gasteiger partial charge is 0.247 e. The second-order valence-electron chi connectivity index (χ2n) is 9.77. The van der Waals surface area contributed by atoms with Crippen molar-refractivity contribution in [3.63, 3.8) is 0 Å². The minimum Gasteiger partial charge on any atom is -0.395 e. The minimum atomic E-state index is -0.694. The van der Waals surface area contributed by atoms with Crippen LogP contribution in [0.25, 0.3) is 0 Å². The van der Waals surface area contributed by atoms with E-state index in [1.54, 1.807) is 38.6 Å². The Kier molecular flexibility index (Phi) is 9.91. The summed E-state index contributed by atoms with van der Waals surface area (Å²) in [5, 5.41) is 9.74. The molecule has 6 atom stereocenters. The van der Waals surface area contributed by atoms with Gasteiger partial charge in [0.15, 0.2) is 0 Å². The standard InChI is InChI=1S/C26H40BrN3O4S/c1-5-9-10-14-29(13-8-4)25(34)22-26-17-18(27)21(35-26)19(20(26)24(33)30(22)15-16-31)23(32)28(11-6-2)12-7-3/h6,8,18-22,31H,2,4-5,7,9-17H2,1,3H3/t18?,19-,20+,21-,22?,26?/m1/s1. The first-order chi connectivity index (χ1) is 16.8. The van der Waals surface area contributed by atoms with E-state index in [9.17, 15) is 19.5 Å². The van der Waals surface area contributed by atoms with Crippen LogP contribution in [0.3, 0.4) is 0 Å². The first-order valence-electron chi connectivity index (χ1n) is 12.8. The summed E-state index contributed by atoms with van der Waals surface area (Å²) in [6.45, 7) is 13.7. The highest BCUT2D eigenvalue weighted by Gasteiger charge is 2.75. The van der Waals surface area contributed by atoms with Crippen LogP contribution in [-0.2, 0) is 14.4 Å². The number of nitrogens with zero attached hydrogens (tertiary/aromatic N) is 3. The van der Waals surface area contributed by atoms with Crippen molar-refractivity contribution < 1.29 is 19.5 Å². The van der Waals surface area contributed by atoms with E-state index in [1.807, 2.05) is 6.92 Å². The molecule has 3 saturated heterocycles. The molecule has 7 nitrogen and oxygen atoms in total. The third-order valence-electron chi connectivity index (χ3n) is 7.50. The van der Waals surface area contributed by atoms with Crippen molar-refractivity contribution in [2.75, 3.05) is 39.3 Å². The molecule has 0 aromatic rings. The number of likely N-dealkylation sites (tertiary alicyclic amines) is 1. The molecule has 1 N–H and O–H groups in total. The molecule has 3 fully saturated rings. The van der Waals surface area contributed by atoms with Gasteiger partial charge < -0.3 is 19.8 Å². The molecule has 3 unspecified atom stereocenters. The summed E-state index contributed by atoms with van der Waals surface area (Å²) in [6, 6.07) is -0.694. The molecule has 0 aromatic carbocycles. The zero-order valence-corrected chi connectivity index (χ0v) is 23.4. The van der Waals surface area contributed by atoms with Crippen molar-refractivity contribution in [3.8, 4) is 0 Å². The Hall–Kier alpha value is -1.32. The number of halogens is 1. The number of carbonyl (C=O) groups excluding carboxylic acids is 3. The zero-order valence-electron chi connectivity index (χ0n) is 21.0. The number of rotatable bonds is 14. The van der Waals surface area contributed by atoms with Crippen molar-refractivity contribution in [3.05, 3.63) is 25.3 Å². The maximum atomic E-state index is 14.1. The quantitative estimate of drug-likeness (QED) is 0.197. The average Bonchev–Trinajstić information content (AvgIpc) is 3.41. The number of thioether (sulfide) groups is 1. The third-order valence-corrected chi connectivity index (χ3v) is 10.7. The third kappa shape index (κ3) is 5.10. The van der Waals surface area contributed by atoms with Gasteiger partial charge in [-0.15, -0.1) is 24.9 Å². The average molecular weight is 571 g/mol. The van der Waals surface area contributed by atoms with Gasteiger partial charge in [-0.25, -0.2) is 0 Å². The number of hydrogen-bond acceptors (Lipinski definition) is 5. The van der Waals surface area contributed by atoms with Gasteiger partial charge in [0.2, 0.25) is 17.7 Å². The summed E-state index contributed by atoms with van der Waals surface area (Å²) in [5.41, 5.74) is 0. The predicted octanol–water partition coefficient (Wildman–Crippen LogP) is 3.07. The Morgan fingerprint density at radius 3 is 2.37 bits per heavy atom. The molecule has 3 heterocycles. The number of fused-ring (bicyclic) bond motifs is 1. The molecule has 2 bridgehead atoms. The zero-order chi connectivity index (χ0) is 25.8. The van der Waals surface area contributed by atoms with Crippen molar-refractivity contribution >= 4 is 45.4 Å². The van der Waals surface area contributed by atoms with Gasteiger partial charge in [-0.3, -0.25) is 14.4 Å². The number of alkyl halides is 1. The lowest BCUT2D eigenvalue weighted by molar-refractivity contribution is -0.145. The fourth-order valence-electron chi connectivity index (χ4n) is 6.14. The van der Waals surface area contributed by atoms with Crippen LogP contribution >= 0.6 is 27.7 Å². The number of hydrogen-bond donors (Lipinski definition) is 1. The molecule has 3 rings (SSSR count). The molecule has 3 aliphatic heterocycles. The van der Waals surface area contributed by atoms with Gasteiger partial charge in [-0.05, 0) is 19.3 Å². The second-order valence-corrected chi connectivity index (χ2v) is 12.5. The molecule has 0 saturated carbocycles. The Morgan fingerprint density at radius 1 is 1.14 bits per heavy atom. The van der Waals surface area contributed by atoms with Crippen LogP contribution in [0.1, 0.15) is 46.0 Å². The Morgan fingerprint density at radius 2 is 1.80 bits per heavy atom. The van der Waals surface area contributed by atoms with E-state index in [0.29, 0.717) is 32.6 Å². The summed E-state index contributed by atoms with van der Waals surface area (Å²) < 4.78 is -0.682. The maximum Gasteiger partial charge on any atom is 0.247 e. The summed E-state index contributed by atoms with van der Waals surface area (Å²) in [4.78, 5) is 47.0. The fraction of sp³-hybridized carbons (Fsp3) is 0.731. The van der Waals surface area contributed by atoms with Crippen LogP contribution in [-0.4, -0.2) is 97.7 Å². The maximum absolute atomic E-state index is 14.1. The molecule has 1 spiro atoms. The highest BCUT2D eigenvalue weighted by atomic mass is 79.9. The highest BCUT2D eigenvalue weighted by Crippen LogP contribution is 2.68. The predicted molar refractivity (Wildman–Crippen MR) is 144 cm³/mol. The van der Waals surface area contributed by atoms with Crippen molar-refractivity contribution in [2.45, 2.75) is 66.8 Å². The second kappa shape index (κ2) is 12.3. The van der Waals surface area contributed by atoms with Gasteiger partial charge in [-0.2, -0.15) is 0 Å². The minimum absolute atomic E-state index is 0.0310. The Balaban J connectivity index is 2.00. The highest BCUT2D eigenvalue weighted by molar-refractivity contribution is 9.09. The van der Waals surface area contributed by atoms with Crippen LogP contribution in [0.4, 0.5) is 0 Å². The van der Waals surface area contributed by atoms with Crippen molar-refractivity contribution in [1.82, 2.24) is 14.7 Å². The van der Waals surface area contributed by atoms with Gasteiger partial charge >= 0.3 is 0 Å². The van der Waals surface area contributed by atoms with E-state index in [1.165, 1.54) is 0 Å². The van der Waals surface area contributed by atoms with Crippen LogP contribution in [0, 0.1) is 11.8 Å². The summed E-state index contributed by atoms with van der Waals surface area (Å²) in [7, 11) is 0. The SMILES string of the molecule is C=CCN(CCCCC)C(=O)C1N(CCO)C(=O)[C@@H]2[C@@H](C(=O)N(CC=C)CCC)[C@@H]3SC12CC3Br. The molecule has 0 aromatic heterocycles. The van der Waals surface area contributed by atoms with E-state index in [-0.39, 0.29) is 41.0 Å². The number of amides is 3. The lowest BCUT2D eigenvalue weighted by Crippen LogP contribution is -2.56. The monoisotopic (exact) mass is 569 g/mol. The number of unbranched alkanes of at least 4 members (excludes halogenated alkanes) is 2. The van der Waals surface area contributed by atoms with Crippen LogP contribution in [0.15, 0.2) is 25.3 Å². The topological polar surface area (TPSA) is 81.2 Å². The largest absolute Gasteiger partial charge is 0.395 e. The number of β-amino-alcohol motifs (C(OH)–C–C–N with tert-alkyl or cyclic N) is 1. The molecular formula is C26H40BrN3O4S. The summed E-state index contributed by atoms with van der Waals surface area (Å²) in [5.74, 6) is -1.36. The molecule has 196 valence electrons. The van der Waals surface area contributed by atoms with Crippen molar-refractivity contribution in [2.24, 2.45) is 11.8 Å². The first-order valence-corrected chi connectivity index (χ1v) is 14.6. The molecule has 0 aliphatic carbocycles. The normalized spacial score (nSPS) is 30.9. The Labute approximate surface area is 222 Å². The summed E-state index contributed by atoms with van der Waals surface area (Å²) in [6.07, 6.45) is 7.87. The molecule has 0 radical (unpaired) electrons. The van der Waals surface area contributed by atoms with Crippen molar-refractivity contribution in [1.29, 1.82) is 0 Å². The van der Waals surface area contributed by atoms with Crippen LogP contribution in [0.2, 0.25) is 0 Å². The number of aliphatic hydroxyl groups excluding tert-OH is 1. The first kappa shape index (κ1) is 28.3. The van der Waals surface area contributed by atoms with Gasteiger partial charge in [-0.1, -0.05) is 54.8 Å². The molecule has 9 heteroatoms. The van der Waals surface area contributed by atoms with Gasteiger partial charge in [0, 0.05) is 42.8 Å². The van der Waals surface area contributed by atoms with Gasteiger partial charge in [0.05, 0.1) is 23.2 Å². The number of carbonyl (C=O) groups is 3. The van der Waals surface area contributed by atoms with Crippen LogP contribution < -0.4 is 0 Å². The van der Waals surface area contributed by atoms with E-state index >= 15 is 0 Å². The number of aliphatic hydroxyl groups is 1. The lowest BCUT2D eigenvalue weighted by Gasteiger charge is -2.38. The van der Waals surface area contributed by atoms with Gasteiger partial charge in [0.25, 0.3) is 0 Å². The summed E-state index contributed by atoms with van der Waals surface area (Å²) >= 11 is 5.45. The lowest BCUT2D eigenvalue weighted by atomic mass is 9.70. The molecular weight excluding hydrogens is 530 g/mol. The molecule has 3 amide bonds. The van der Waals surface area contributed by atoms with E-state index in [4.69, 9.17) is 0 Å². The van der Waals surface area contributed by atoms with Crippen LogP contribution in [0.5, 0.6) is 0 Å². The van der Waals surface area contributed by atoms with E-state index in [0.717, 1.165) is 25.7 Å². The molecule has 3 aliphatic rings. The van der Waals surface area contributed by atoms with Gasteiger partial charge in [0.1, 0.15) is 6.04 Å². The molecule has 35 heavy (non-hydrogen) atoms.